The summed E-state index contributed by atoms with van der Waals surface area (Å²) in [6.45, 7) is 0.850. The Morgan fingerprint density at radius 2 is 1.72 bits per heavy atom. The highest BCUT2D eigenvalue weighted by atomic mass is 16.6. The molecule has 0 aliphatic carbocycles. The number of hydrogen-bond acceptors (Lipinski definition) is 5. The molecule has 1 atom stereocenters. The summed E-state index contributed by atoms with van der Waals surface area (Å²) in [5.41, 5.74) is 0.980. The maximum Gasteiger partial charge on any atom is 0.326 e. The van der Waals surface area contributed by atoms with Crippen LogP contribution in [0, 0.1) is 0 Å². The number of carboxylic acid groups (broad SMARTS) is 1. The summed E-state index contributed by atoms with van der Waals surface area (Å²) < 4.78 is 10.8. The average Bonchev–Trinajstić information content (AvgIpc) is 2.62. The predicted octanol–water partition coefficient (Wildman–Crippen LogP) is 1.59. The van der Waals surface area contributed by atoms with Crippen LogP contribution >= 0.6 is 0 Å². The van der Waals surface area contributed by atoms with E-state index in [0.717, 1.165) is 0 Å². The van der Waals surface area contributed by atoms with E-state index in [0.29, 0.717) is 35.8 Å². The lowest BCUT2D eigenvalue weighted by Gasteiger charge is -2.19. The highest BCUT2D eigenvalue weighted by Crippen LogP contribution is 2.30. The SMILES string of the molecule is O=C(N[C@H](Cc1ccc(O)cc1)C(=O)O)c1ccc2c(c1)OCCO2. The Labute approximate surface area is 143 Å². The number of fused-ring (bicyclic) bond motifs is 1. The Kier molecular flexibility index (Phi) is 4.74. The van der Waals surface area contributed by atoms with Crippen LogP contribution in [-0.4, -0.2) is 41.3 Å². The standard InChI is InChI=1S/C18H17NO6/c20-13-4-1-11(2-5-13)9-14(18(22)23)19-17(21)12-3-6-15-16(10-12)25-8-7-24-15/h1-6,10,14,20H,7-9H2,(H,19,21)(H,22,23)/t14-/m1/s1. The third-order valence-corrected chi connectivity index (χ3v) is 3.78. The first-order valence-electron chi connectivity index (χ1n) is 7.74. The molecule has 0 bridgehead atoms. The van der Waals surface area contributed by atoms with Crippen molar-refractivity contribution >= 4 is 11.9 Å². The van der Waals surface area contributed by atoms with Crippen LogP contribution in [0.4, 0.5) is 0 Å². The Morgan fingerprint density at radius 3 is 2.40 bits per heavy atom. The highest BCUT2D eigenvalue weighted by Gasteiger charge is 2.22. The zero-order chi connectivity index (χ0) is 17.8. The molecule has 0 saturated carbocycles. The van der Waals surface area contributed by atoms with Crippen molar-refractivity contribution < 1.29 is 29.3 Å². The van der Waals surface area contributed by atoms with Gasteiger partial charge in [-0.2, -0.15) is 0 Å². The van der Waals surface area contributed by atoms with E-state index in [1.54, 1.807) is 24.3 Å². The molecule has 0 saturated heterocycles. The molecule has 0 spiro atoms. The summed E-state index contributed by atoms with van der Waals surface area (Å²) in [5, 5.41) is 21.2. The minimum atomic E-state index is -1.14. The number of phenolic OH excluding ortho intramolecular Hbond substituents is 1. The molecule has 2 aromatic carbocycles. The van der Waals surface area contributed by atoms with Crippen LogP contribution in [0.2, 0.25) is 0 Å². The Balaban J connectivity index is 1.72. The number of benzene rings is 2. The van der Waals surface area contributed by atoms with Gasteiger partial charge in [0.25, 0.3) is 5.91 Å². The normalized spacial score (nSPS) is 13.8. The maximum atomic E-state index is 12.4. The molecule has 3 N–H and O–H groups in total. The van der Waals surface area contributed by atoms with Crippen LogP contribution in [-0.2, 0) is 11.2 Å². The molecule has 2 aromatic rings. The monoisotopic (exact) mass is 343 g/mol. The molecule has 130 valence electrons. The number of ether oxygens (including phenoxy) is 2. The van der Waals surface area contributed by atoms with Crippen molar-refractivity contribution in [2.45, 2.75) is 12.5 Å². The van der Waals surface area contributed by atoms with Gasteiger partial charge < -0.3 is 25.0 Å². The van der Waals surface area contributed by atoms with Crippen molar-refractivity contribution in [1.29, 1.82) is 0 Å². The molecule has 7 heteroatoms. The van der Waals surface area contributed by atoms with E-state index >= 15 is 0 Å². The topological polar surface area (TPSA) is 105 Å². The molecule has 1 heterocycles. The van der Waals surface area contributed by atoms with Crippen molar-refractivity contribution in [2.75, 3.05) is 13.2 Å². The van der Waals surface area contributed by atoms with Gasteiger partial charge in [0.05, 0.1) is 0 Å². The van der Waals surface area contributed by atoms with Gasteiger partial charge in [-0.05, 0) is 35.9 Å². The van der Waals surface area contributed by atoms with E-state index in [4.69, 9.17) is 9.47 Å². The van der Waals surface area contributed by atoms with Crippen LogP contribution < -0.4 is 14.8 Å². The Bertz CT molecular complexity index is 787. The second-order valence-electron chi connectivity index (χ2n) is 5.59. The summed E-state index contributed by atoms with van der Waals surface area (Å²) in [6, 6.07) is 9.78. The van der Waals surface area contributed by atoms with Crippen LogP contribution in [0.25, 0.3) is 0 Å². The minimum Gasteiger partial charge on any atom is -0.508 e. The summed E-state index contributed by atoms with van der Waals surface area (Å²) in [4.78, 5) is 23.8. The Hall–Kier alpha value is -3.22. The number of phenols is 1. The first-order chi connectivity index (χ1) is 12.0. The smallest absolute Gasteiger partial charge is 0.326 e. The fraction of sp³-hybridized carbons (Fsp3) is 0.222. The summed E-state index contributed by atoms with van der Waals surface area (Å²) in [7, 11) is 0. The number of carbonyl (C=O) groups is 2. The van der Waals surface area contributed by atoms with Gasteiger partial charge in [-0.3, -0.25) is 4.79 Å². The van der Waals surface area contributed by atoms with E-state index in [1.165, 1.54) is 18.2 Å². The first-order valence-corrected chi connectivity index (χ1v) is 7.74. The van der Waals surface area contributed by atoms with Crippen molar-refractivity contribution in [1.82, 2.24) is 5.32 Å². The zero-order valence-electron chi connectivity index (χ0n) is 13.3. The molecular weight excluding hydrogens is 326 g/mol. The van der Waals surface area contributed by atoms with Crippen molar-refractivity contribution in [2.24, 2.45) is 0 Å². The average molecular weight is 343 g/mol. The van der Waals surface area contributed by atoms with E-state index in [-0.39, 0.29) is 12.2 Å². The first kappa shape index (κ1) is 16.6. The highest BCUT2D eigenvalue weighted by molar-refractivity contribution is 5.97. The van der Waals surface area contributed by atoms with Crippen molar-refractivity contribution in [3.05, 3.63) is 53.6 Å². The second kappa shape index (κ2) is 7.12. The number of aromatic hydroxyl groups is 1. The van der Waals surface area contributed by atoms with E-state index in [9.17, 15) is 19.8 Å². The van der Waals surface area contributed by atoms with Gasteiger partial charge >= 0.3 is 5.97 Å². The van der Waals surface area contributed by atoms with E-state index < -0.39 is 17.9 Å². The van der Waals surface area contributed by atoms with Crippen LogP contribution in [0.1, 0.15) is 15.9 Å². The molecule has 1 amide bonds. The fourth-order valence-electron chi connectivity index (χ4n) is 2.49. The number of amides is 1. The van der Waals surface area contributed by atoms with Gasteiger partial charge in [-0.25, -0.2) is 4.79 Å². The molecule has 3 rings (SSSR count). The lowest BCUT2D eigenvalue weighted by atomic mass is 10.1. The third kappa shape index (κ3) is 4.00. The predicted molar refractivity (Wildman–Crippen MR) is 88.1 cm³/mol. The summed E-state index contributed by atoms with van der Waals surface area (Å²) in [5.74, 6) is -0.538. The number of carboxylic acids is 1. The van der Waals surface area contributed by atoms with Gasteiger partial charge in [-0.1, -0.05) is 12.1 Å². The van der Waals surface area contributed by atoms with Crippen molar-refractivity contribution in [3.63, 3.8) is 0 Å². The number of aliphatic carboxylic acids is 1. The molecule has 0 radical (unpaired) electrons. The van der Waals surface area contributed by atoms with Crippen LogP contribution in [0.15, 0.2) is 42.5 Å². The van der Waals surface area contributed by atoms with Gasteiger partial charge in [-0.15, -0.1) is 0 Å². The maximum absolute atomic E-state index is 12.4. The summed E-state index contributed by atoms with van der Waals surface area (Å²) in [6.07, 6.45) is 0.103. The van der Waals surface area contributed by atoms with Gasteiger partial charge in [0.2, 0.25) is 0 Å². The largest absolute Gasteiger partial charge is 0.508 e. The quantitative estimate of drug-likeness (QED) is 0.761. The fourth-order valence-corrected chi connectivity index (χ4v) is 2.49. The van der Waals surface area contributed by atoms with E-state index in [1.807, 2.05) is 0 Å². The number of hydrogen-bond donors (Lipinski definition) is 3. The molecule has 7 nitrogen and oxygen atoms in total. The second-order valence-corrected chi connectivity index (χ2v) is 5.59. The number of carbonyl (C=O) groups excluding carboxylic acids is 1. The van der Waals surface area contributed by atoms with Gasteiger partial charge in [0.15, 0.2) is 11.5 Å². The number of rotatable bonds is 5. The zero-order valence-corrected chi connectivity index (χ0v) is 13.3. The lowest BCUT2D eigenvalue weighted by molar-refractivity contribution is -0.139. The van der Waals surface area contributed by atoms with Crippen LogP contribution in [0.3, 0.4) is 0 Å². The molecule has 0 fully saturated rings. The van der Waals surface area contributed by atoms with E-state index in [2.05, 4.69) is 5.32 Å². The van der Waals surface area contributed by atoms with Crippen molar-refractivity contribution in [3.8, 4) is 17.2 Å². The van der Waals surface area contributed by atoms with Gasteiger partial charge in [0, 0.05) is 12.0 Å². The van der Waals surface area contributed by atoms with Crippen LogP contribution in [0.5, 0.6) is 17.2 Å². The molecule has 1 aliphatic heterocycles. The lowest BCUT2D eigenvalue weighted by Crippen LogP contribution is -2.42. The molecular formula is C18H17NO6. The van der Waals surface area contributed by atoms with Gasteiger partial charge in [0.1, 0.15) is 25.0 Å². The minimum absolute atomic E-state index is 0.0935. The third-order valence-electron chi connectivity index (χ3n) is 3.78. The molecule has 0 aromatic heterocycles. The number of nitrogens with one attached hydrogen (secondary N) is 1. The summed E-state index contributed by atoms with van der Waals surface area (Å²) >= 11 is 0. The molecule has 25 heavy (non-hydrogen) atoms. The Morgan fingerprint density at radius 1 is 1.04 bits per heavy atom. The molecule has 0 unspecified atom stereocenters. The molecule has 1 aliphatic rings.